The van der Waals surface area contributed by atoms with Crippen molar-refractivity contribution in [3.8, 4) is 5.75 Å². The molecule has 2 N–H and O–H groups in total. The van der Waals surface area contributed by atoms with Gasteiger partial charge in [0.15, 0.2) is 0 Å². The minimum Gasteiger partial charge on any atom is -0.406 e. The Bertz CT molecular complexity index is 926. The molecule has 0 aromatic heterocycles. The lowest BCUT2D eigenvalue weighted by Crippen LogP contribution is -2.42. The van der Waals surface area contributed by atoms with Crippen molar-refractivity contribution in [2.24, 2.45) is 11.1 Å². The van der Waals surface area contributed by atoms with E-state index in [0.717, 1.165) is 50.0 Å². The smallest absolute Gasteiger partial charge is 0.406 e. The van der Waals surface area contributed by atoms with Crippen molar-refractivity contribution < 1.29 is 22.7 Å². The molecule has 1 atom stereocenters. The van der Waals surface area contributed by atoms with Gasteiger partial charge in [-0.05, 0) is 67.6 Å². The number of hydrogen-bond donors (Lipinski definition) is 1. The van der Waals surface area contributed by atoms with Crippen molar-refractivity contribution in [1.82, 2.24) is 9.80 Å². The average molecular weight is 462 g/mol. The van der Waals surface area contributed by atoms with Crippen LogP contribution in [0.3, 0.4) is 0 Å². The first-order valence-corrected chi connectivity index (χ1v) is 11.4. The number of likely N-dealkylation sites (tertiary alicyclic amines) is 2. The Hall–Kier alpha value is -2.58. The van der Waals surface area contributed by atoms with Crippen molar-refractivity contribution in [2.45, 2.75) is 44.6 Å². The zero-order chi connectivity index (χ0) is 23.5. The van der Waals surface area contributed by atoms with Crippen LogP contribution in [-0.2, 0) is 11.3 Å². The molecule has 2 aliphatic heterocycles. The first kappa shape index (κ1) is 23.6. The van der Waals surface area contributed by atoms with E-state index in [9.17, 15) is 18.0 Å². The van der Waals surface area contributed by atoms with Crippen molar-refractivity contribution in [3.63, 3.8) is 0 Å². The summed E-state index contributed by atoms with van der Waals surface area (Å²) in [7, 11) is 0. The molecule has 2 heterocycles. The topological polar surface area (TPSA) is 58.8 Å². The zero-order valence-corrected chi connectivity index (χ0v) is 18.6. The number of benzene rings is 2. The molecule has 1 amide bonds. The predicted molar refractivity (Wildman–Crippen MR) is 119 cm³/mol. The third kappa shape index (κ3) is 6.26. The summed E-state index contributed by atoms with van der Waals surface area (Å²) in [6, 6.07) is 15.9. The molecule has 2 saturated heterocycles. The Morgan fingerprint density at radius 1 is 1.03 bits per heavy atom. The molecule has 2 fully saturated rings. The zero-order valence-electron chi connectivity index (χ0n) is 18.6. The van der Waals surface area contributed by atoms with Crippen LogP contribution in [0.1, 0.15) is 42.9 Å². The van der Waals surface area contributed by atoms with Gasteiger partial charge in [0.25, 0.3) is 0 Å². The van der Waals surface area contributed by atoms with Gasteiger partial charge in [0.05, 0.1) is 0 Å². The number of halogens is 3. The first-order valence-electron chi connectivity index (χ1n) is 11.4. The fourth-order valence-electron chi connectivity index (χ4n) is 4.92. The molecule has 5 nitrogen and oxygen atoms in total. The molecule has 33 heavy (non-hydrogen) atoms. The number of piperidine rings is 1. The molecule has 0 aliphatic carbocycles. The maximum Gasteiger partial charge on any atom is 0.573 e. The third-order valence-electron chi connectivity index (χ3n) is 6.84. The Morgan fingerprint density at radius 2 is 1.70 bits per heavy atom. The molecule has 1 spiro atoms. The Kier molecular flexibility index (Phi) is 6.95. The lowest BCUT2D eigenvalue weighted by Gasteiger charge is -2.39. The predicted octanol–water partition coefficient (Wildman–Crippen LogP) is 4.49. The third-order valence-corrected chi connectivity index (χ3v) is 6.84. The highest BCUT2D eigenvalue weighted by Crippen LogP contribution is 2.41. The number of nitrogens with two attached hydrogens (primary N) is 1. The summed E-state index contributed by atoms with van der Waals surface area (Å²) in [6.07, 6.45) is -1.33. The normalized spacial score (nSPS) is 19.8. The highest BCUT2D eigenvalue weighted by molar-refractivity contribution is 5.79. The quantitative estimate of drug-likeness (QED) is 0.660. The number of amides is 1. The number of carbonyl (C=O) groups is 1. The van der Waals surface area contributed by atoms with Crippen LogP contribution in [0.5, 0.6) is 5.75 Å². The molecule has 0 unspecified atom stereocenters. The average Bonchev–Trinajstić information content (AvgIpc) is 3.08. The van der Waals surface area contributed by atoms with Crippen molar-refractivity contribution in [3.05, 3.63) is 65.7 Å². The van der Waals surface area contributed by atoms with Crippen LogP contribution in [0.4, 0.5) is 13.2 Å². The highest BCUT2D eigenvalue weighted by Gasteiger charge is 2.44. The van der Waals surface area contributed by atoms with Crippen molar-refractivity contribution in [2.75, 3.05) is 26.2 Å². The Balaban J connectivity index is 1.25. The Labute approximate surface area is 192 Å². The largest absolute Gasteiger partial charge is 0.573 e. The van der Waals surface area contributed by atoms with Crippen molar-refractivity contribution >= 4 is 5.91 Å². The summed E-state index contributed by atoms with van der Waals surface area (Å²) in [5, 5.41) is 0. The summed E-state index contributed by atoms with van der Waals surface area (Å²) in [6.45, 7) is 3.95. The lowest BCUT2D eigenvalue weighted by atomic mass is 9.77. The summed E-state index contributed by atoms with van der Waals surface area (Å²) < 4.78 is 40.9. The minimum atomic E-state index is -4.71. The molecule has 2 aromatic carbocycles. The van der Waals surface area contributed by atoms with Crippen LogP contribution in [0.2, 0.25) is 0 Å². The van der Waals surface area contributed by atoms with Gasteiger partial charge in [0, 0.05) is 25.6 Å². The van der Waals surface area contributed by atoms with Gasteiger partial charge in [-0.1, -0.05) is 42.5 Å². The summed E-state index contributed by atoms with van der Waals surface area (Å²) >= 11 is 0. The maximum absolute atomic E-state index is 12.7. The Morgan fingerprint density at radius 3 is 2.33 bits per heavy atom. The lowest BCUT2D eigenvalue weighted by molar-refractivity contribution is -0.274. The van der Waals surface area contributed by atoms with E-state index in [0.29, 0.717) is 19.5 Å². The van der Waals surface area contributed by atoms with Gasteiger partial charge in [-0.15, -0.1) is 13.2 Å². The van der Waals surface area contributed by atoms with Gasteiger partial charge in [-0.2, -0.15) is 0 Å². The van der Waals surface area contributed by atoms with Crippen LogP contribution >= 0.6 is 0 Å². The van der Waals surface area contributed by atoms with Gasteiger partial charge in [0.1, 0.15) is 5.75 Å². The number of rotatable bonds is 7. The monoisotopic (exact) mass is 461 g/mol. The van der Waals surface area contributed by atoms with E-state index in [-0.39, 0.29) is 23.1 Å². The molecular formula is C25H30F3N3O2. The number of hydrogen-bond acceptors (Lipinski definition) is 4. The van der Waals surface area contributed by atoms with Gasteiger partial charge in [0.2, 0.25) is 5.91 Å². The standard InChI is InChI=1S/C25H30F3N3O2/c26-25(27,28)33-21-8-6-19(7-9-21)17-31-18-24(16-23(31)32)11-14-30(15-12-24)13-10-22(29)20-4-2-1-3-5-20/h1-9,22H,10-18,29H2/t22-/m0/s1. The fourth-order valence-corrected chi connectivity index (χ4v) is 4.92. The second-order valence-electron chi connectivity index (χ2n) is 9.27. The second-order valence-corrected chi connectivity index (χ2v) is 9.27. The fraction of sp³-hybridized carbons (Fsp3) is 0.480. The van der Waals surface area contributed by atoms with E-state index in [1.165, 1.54) is 12.1 Å². The van der Waals surface area contributed by atoms with E-state index in [2.05, 4.69) is 21.8 Å². The van der Waals surface area contributed by atoms with Gasteiger partial charge < -0.3 is 20.3 Å². The SMILES string of the molecule is N[C@@H](CCN1CCC2(CC1)CC(=O)N(Cc1ccc(OC(F)(F)F)cc1)C2)c1ccccc1. The highest BCUT2D eigenvalue weighted by atomic mass is 19.4. The first-order chi connectivity index (χ1) is 15.7. The van der Waals surface area contributed by atoms with E-state index in [1.807, 2.05) is 23.1 Å². The summed E-state index contributed by atoms with van der Waals surface area (Å²) in [5.41, 5.74) is 8.28. The molecular weight excluding hydrogens is 431 g/mol. The van der Waals surface area contributed by atoms with Crippen LogP contribution < -0.4 is 10.5 Å². The molecule has 0 bridgehead atoms. The molecule has 0 radical (unpaired) electrons. The number of alkyl halides is 3. The van der Waals surface area contributed by atoms with Gasteiger partial charge in [-0.25, -0.2) is 0 Å². The van der Waals surface area contributed by atoms with Gasteiger partial charge in [-0.3, -0.25) is 4.79 Å². The number of ether oxygens (including phenoxy) is 1. The van der Waals surface area contributed by atoms with Crippen LogP contribution in [0, 0.1) is 5.41 Å². The van der Waals surface area contributed by atoms with Gasteiger partial charge >= 0.3 is 6.36 Å². The van der Waals surface area contributed by atoms with Crippen molar-refractivity contribution in [1.29, 1.82) is 0 Å². The second kappa shape index (κ2) is 9.73. The summed E-state index contributed by atoms with van der Waals surface area (Å²) in [5.74, 6) is -0.139. The van der Waals surface area contributed by atoms with Crippen LogP contribution in [0.15, 0.2) is 54.6 Å². The van der Waals surface area contributed by atoms with Crippen LogP contribution in [0.25, 0.3) is 0 Å². The van der Waals surface area contributed by atoms with E-state index < -0.39 is 6.36 Å². The molecule has 4 rings (SSSR count). The molecule has 178 valence electrons. The minimum absolute atomic E-state index is 0.00549. The van der Waals surface area contributed by atoms with Crippen LogP contribution in [-0.4, -0.2) is 48.2 Å². The molecule has 2 aliphatic rings. The van der Waals surface area contributed by atoms with E-state index in [4.69, 9.17) is 5.73 Å². The number of nitrogens with zero attached hydrogens (tertiary/aromatic N) is 2. The van der Waals surface area contributed by atoms with E-state index >= 15 is 0 Å². The summed E-state index contributed by atoms with van der Waals surface area (Å²) in [4.78, 5) is 16.9. The molecule has 8 heteroatoms. The number of carbonyl (C=O) groups excluding carboxylic acids is 1. The van der Waals surface area contributed by atoms with E-state index in [1.54, 1.807) is 12.1 Å². The molecule has 2 aromatic rings. The maximum atomic E-state index is 12.7. The molecule has 0 saturated carbocycles.